The molecule has 5 nitrogen and oxygen atoms in total. The Bertz CT molecular complexity index is 422. The first kappa shape index (κ1) is 14.1. The molecule has 0 saturated carbocycles. The number of alkyl halides is 3. The number of carboxylic acid groups (broad SMARTS) is 1. The molecule has 0 aliphatic heterocycles. The van der Waals surface area contributed by atoms with Gasteiger partial charge in [0.1, 0.15) is 12.6 Å². The molecule has 0 spiro atoms. The van der Waals surface area contributed by atoms with E-state index in [4.69, 9.17) is 15.6 Å². The second-order valence-electron chi connectivity index (χ2n) is 3.25. The summed E-state index contributed by atoms with van der Waals surface area (Å²) in [5.41, 5.74) is 5.15. The zero-order chi connectivity index (χ0) is 13.8. The maximum atomic E-state index is 12.1. The van der Waals surface area contributed by atoms with Crippen LogP contribution in [-0.2, 0) is 4.79 Å². The van der Waals surface area contributed by atoms with Crippen LogP contribution in [0.3, 0.4) is 0 Å². The summed E-state index contributed by atoms with van der Waals surface area (Å²) in [6.07, 6.45) is -4.85. The van der Waals surface area contributed by atoms with E-state index in [1.54, 1.807) is 0 Å². The summed E-state index contributed by atoms with van der Waals surface area (Å²) in [5.74, 6) is -2.10. The zero-order valence-corrected chi connectivity index (χ0v) is 8.98. The molecule has 1 atom stereocenters. The minimum absolute atomic E-state index is 0.230. The molecule has 0 aromatic heterocycles. The summed E-state index contributed by atoms with van der Waals surface area (Å²) in [4.78, 5) is 10.4. The van der Waals surface area contributed by atoms with Crippen molar-refractivity contribution < 1.29 is 32.5 Å². The lowest BCUT2D eigenvalue weighted by atomic mass is 10.3. The van der Waals surface area contributed by atoms with E-state index < -0.39 is 30.7 Å². The molecule has 1 unspecified atom stereocenters. The van der Waals surface area contributed by atoms with E-state index in [9.17, 15) is 18.0 Å². The van der Waals surface area contributed by atoms with E-state index in [0.717, 1.165) is 6.07 Å². The van der Waals surface area contributed by atoms with Crippen LogP contribution in [0.15, 0.2) is 24.3 Å². The van der Waals surface area contributed by atoms with Gasteiger partial charge in [-0.2, -0.15) is 0 Å². The van der Waals surface area contributed by atoms with Crippen molar-refractivity contribution in [1.29, 1.82) is 0 Å². The maximum Gasteiger partial charge on any atom is 0.573 e. The average Bonchev–Trinajstić information content (AvgIpc) is 2.25. The first-order chi connectivity index (χ1) is 8.29. The Hall–Kier alpha value is -1.96. The van der Waals surface area contributed by atoms with Gasteiger partial charge in [-0.3, -0.25) is 4.79 Å². The Balaban J connectivity index is 2.73. The normalized spacial score (nSPS) is 12.9. The van der Waals surface area contributed by atoms with Crippen LogP contribution >= 0.6 is 0 Å². The lowest BCUT2D eigenvalue weighted by Crippen LogP contribution is -2.36. The van der Waals surface area contributed by atoms with Gasteiger partial charge >= 0.3 is 12.3 Å². The van der Waals surface area contributed by atoms with Crippen LogP contribution in [0.5, 0.6) is 11.5 Å². The van der Waals surface area contributed by atoms with Gasteiger partial charge < -0.3 is 20.3 Å². The van der Waals surface area contributed by atoms with Crippen LogP contribution in [0.1, 0.15) is 0 Å². The fraction of sp³-hybridized carbons (Fsp3) is 0.300. The van der Waals surface area contributed by atoms with E-state index in [1.165, 1.54) is 18.2 Å². The number of rotatable bonds is 5. The van der Waals surface area contributed by atoms with Crippen molar-refractivity contribution in [3.05, 3.63) is 24.3 Å². The fourth-order valence-corrected chi connectivity index (χ4v) is 1.03. The Morgan fingerprint density at radius 3 is 2.39 bits per heavy atom. The molecule has 18 heavy (non-hydrogen) atoms. The second kappa shape index (κ2) is 5.58. The topological polar surface area (TPSA) is 81.8 Å². The molecule has 8 heteroatoms. The highest BCUT2D eigenvalue weighted by molar-refractivity contribution is 5.73. The Kier molecular flexibility index (Phi) is 4.38. The molecule has 3 N–H and O–H groups in total. The highest BCUT2D eigenvalue weighted by atomic mass is 19.4. The molecule has 1 rings (SSSR count). The van der Waals surface area contributed by atoms with Gasteiger partial charge in [0.15, 0.2) is 11.5 Å². The monoisotopic (exact) mass is 265 g/mol. The Morgan fingerprint density at radius 2 is 1.89 bits per heavy atom. The molecule has 1 aromatic rings. The van der Waals surface area contributed by atoms with E-state index in [-0.39, 0.29) is 5.75 Å². The minimum atomic E-state index is -4.85. The highest BCUT2D eigenvalue weighted by Gasteiger charge is 2.32. The summed E-state index contributed by atoms with van der Waals surface area (Å²) >= 11 is 0. The van der Waals surface area contributed by atoms with Crippen molar-refractivity contribution in [2.24, 2.45) is 5.73 Å². The first-order valence-electron chi connectivity index (χ1n) is 4.75. The number of carbonyl (C=O) groups is 1. The van der Waals surface area contributed by atoms with E-state index in [1.807, 2.05) is 0 Å². The molecule has 0 radical (unpaired) electrons. The molecular weight excluding hydrogens is 255 g/mol. The SMILES string of the molecule is NC(COc1ccccc1OC(F)(F)F)C(=O)O. The third-order valence-electron chi connectivity index (χ3n) is 1.81. The van der Waals surface area contributed by atoms with Gasteiger partial charge in [-0.25, -0.2) is 0 Å². The first-order valence-corrected chi connectivity index (χ1v) is 4.75. The molecule has 0 heterocycles. The standard InChI is InChI=1S/C10H10F3NO4/c11-10(12,13)18-8-4-2-1-3-7(8)17-5-6(14)9(15)16/h1-4,6H,5,14H2,(H,15,16). The largest absolute Gasteiger partial charge is 0.573 e. The highest BCUT2D eigenvalue weighted by Crippen LogP contribution is 2.31. The molecule has 1 aromatic carbocycles. The van der Waals surface area contributed by atoms with Gasteiger partial charge in [0, 0.05) is 0 Å². The number of carboxylic acids is 1. The number of ether oxygens (including phenoxy) is 2. The second-order valence-corrected chi connectivity index (χ2v) is 3.25. The summed E-state index contributed by atoms with van der Waals surface area (Å²) in [7, 11) is 0. The number of halogens is 3. The predicted octanol–water partition coefficient (Wildman–Crippen LogP) is 1.38. The van der Waals surface area contributed by atoms with Crippen LogP contribution in [0.2, 0.25) is 0 Å². The van der Waals surface area contributed by atoms with Crippen molar-refractivity contribution in [3.63, 3.8) is 0 Å². The number of para-hydroxylation sites is 2. The Morgan fingerprint density at radius 1 is 1.33 bits per heavy atom. The minimum Gasteiger partial charge on any atom is -0.487 e. The average molecular weight is 265 g/mol. The summed E-state index contributed by atoms with van der Waals surface area (Å²) < 4.78 is 44.7. The number of aliphatic carboxylic acids is 1. The van der Waals surface area contributed by atoms with Crippen LogP contribution in [0, 0.1) is 0 Å². The number of hydrogen-bond acceptors (Lipinski definition) is 4. The van der Waals surface area contributed by atoms with E-state index in [2.05, 4.69) is 4.74 Å². The fourth-order valence-electron chi connectivity index (χ4n) is 1.03. The van der Waals surface area contributed by atoms with Crippen molar-refractivity contribution in [1.82, 2.24) is 0 Å². The van der Waals surface area contributed by atoms with Crippen LogP contribution < -0.4 is 15.2 Å². The summed E-state index contributed by atoms with van der Waals surface area (Å²) in [6, 6.07) is 3.68. The van der Waals surface area contributed by atoms with Crippen LogP contribution in [0.25, 0.3) is 0 Å². The molecular formula is C10H10F3NO4. The van der Waals surface area contributed by atoms with Gasteiger partial charge in [0.2, 0.25) is 0 Å². The van der Waals surface area contributed by atoms with Crippen molar-refractivity contribution in [2.75, 3.05) is 6.61 Å². The molecule has 100 valence electrons. The van der Waals surface area contributed by atoms with Crippen molar-refractivity contribution >= 4 is 5.97 Å². The third-order valence-corrected chi connectivity index (χ3v) is 1.81. The number of benzene rings is 1. The van der Waals surface area contributed by atoms with Gasteiger partial charge in [-0.1, -0.05) is 12.1 Å². The molecule has 0 saturated heterocycles. The molecule has 0 aliphatic carbocycles. The lowest BCUT2D eigenvalue weighted by Gasteiger charge is -2.14. The molecule has 0 aliphatic rings. The van der Waals surface area contributed by atoms with Crippen molar-refractivity contribution in [3.8, 4) is 11.5 Å². The molecule has 0 fully saturated rings. The number of nitrogens with two attached hydrogens (primary N) is 1. The third kappa shape index (κ3) is 4.50. The van der Waals surface area contributed by atoms with Gasteiger partial charge in [-0.15, -0.1) is 13.2 Å². The van der Waals surface area contributed by atoms with Crippen LogP contribution in [0.4, 0.5) is 13.2 Å². The smallest absolute Gasteiger partial charge is 0.487 e. The van der Waals surface area contributed by atoms with Gasteiger partial charge in [-0.05, 0) is 12.1 Å². The quantitative estimate of drug-likeness (QED) is 0.840. The summed E-state index contributed by atoms with van der Waals surface area (Å²) in [6.45, 7) is -0.465. The van der Waals surface area contributed by atoms with Gasteiger partial charge in [0.25, 0.3) is 0 Å². The molecule has 0 amide bonds. The predicted molar refractivity (Wildman–Crippen MR) is 54.2 cm³/mol. The maximum absolute atomic E-state index is 12.1. The van der Waals surface area contributed by atoms with Crippen LogP contribution in [-0.4, -0.2) is 30.1 Å². The van der Waals surface area contributed by atoms with Gasteiger partial charge in [0.05, 0.1) is 0 Å². The van der Waals surface area contributed by atoms with E-state index >= 15 is 0 Å². The molecule has 0 bridgehead atoms. The Labute approximate surface area is 99.9 Å². The lowest BCUT2D eigenvalue weighted by molar-refractivity contribution is -0.275. The van der Waals surface area contributed by atoms with Crippen molar-refractivity contribution in [2.45, 2.75) is 12.4 Å². The zero-order valence-electron chi connectivity index (χ0n) is 8.98. The number of hydrogen-bond donors (Lipinski definition) is 2. The van der Waals surface area contributed by atoms with E-state index in [0.29, 0.717) is 0 Å². The summed E-state index contributed by atoms with van der Waals surface area (Å²) in [5, 5.41) is 8.50.